The molecule has 0 aliphatic carbocycles. The first kappa shape index (κ1) is 34.5. The third kappa shape index (κ3) is 10.9. The summed E-state index contributed by atoms with van der Waals surface area (Å²) in [5.41, 5.74) is 2.42. The van der Waals surface area contributed by atoms with Gasteiger partial charge in [0, 0.05) is 18.2 Å². The lowest BCUT2D eigenvalue weighted by atomic mass is 10.0. The van der Waals surface area contributed by atoms with E-state index in [1.54, 1.807) is 0 Å². The SMILES string of the molecule is CCCCCCCCCCCCCCCCOCC1=C(C(=O)O)N2C(=O)C(NC(=O)Cc3ccc(CCl)cc3)C2SC1. The minimum absolute atomic E-state index is 0.00636. The first-order valence-electron chi connectivity index (χ1n) is 15.9. The molecule has 1 aromatic carbocycles. The quantitative estimate of drug-likeness (QED) is 0.0808. The van der Waals surface area contributed by atoms with E-state index in [0.717, 1.165) is 24.0 Å². The number of nitrogens with one attached hydrogen (secondary N) is 1. The van der Waals surface area contributed by atoms with Crippen LogP contribution >= 0.6 is 23.4 Å². The average molecular weight is 621 g/mol. The third-order valence-electron chi connectivity index (χ3n) is 8.03. The number of fused-ring (bicyclic) bond motifs is 1. The number of amides is 2. The van der Waals surface area contributed by atoms with Gasteiger partial charge in [-0.3, -0.25) is 14.5 Å². The van der Waals surface area contributed by atoms with Crippen molar-refractivity contribution in [1.29, 1.82) is 0 Å². The molecule has 7 nitrogen and oxygen atoms in total. The lowest BCUT2D eigenvalue weighted by Gasteiger charge is -2.49. The number of carbonyl (C=O) groups is 3. The molecule has 42 heavy (non-hydrogen) atoms. The van der Waals surface area contributed by atoms with Crippen molar-refractivity contribution in [2.24, 2.45) is 0 Å². The largest absolute Gasteiger partial charge is 0.477 e. The van der Waals surface area contributed by atoms with Crippen LogP contribution < -0.4 is 5.32 Å². The normalized spacial score (nSPS) is 18.1. The lowest BCUT2D eigenvalue weighted by Crippen LogP contribution is -2.70. The molecule has 2 unspecified atom stereocenters. The molecule has 0 spiro atoms. The second-order valence-electron chi connectivity index (χ2n) is 11.5. The number of thioether (sulfide) groups is 1. The van der Waals surface area contributed by atoms with Gasteiger partial charge >= 0.3 is 5.97 Å². The number of halogens is 1. The number of carbonyl (C=O) groups excluding carboxylic acids is 2. The van der Waals surface area contributed by atoms with Gasteiger partial charge in [0.05, 0.1) is 13.0 Å². The highest BCUT2D eigenvalue weighted by Gasteiger charge is 2.54. The summed E-state index contributed by atoms with van der Waals surface area (Å²) in [7, 11) is 0. The number of unbranched alkanes of at least 4 members (excludes halogenated alkanes) is 13. The summed E-state index contributed by atoms with van der Waals surface area (Å²) in [6.45, 7) is 3.05. The monoisotopic (exact) mass is 620 g/mol. The molecular weight excluding hydrogens is 572 g/mol. The molecule has 2 amide bonds. The number of hydrogen-bond donors (Lipinski definition) is 2. The molecule has 3 rings (SSSR count). The van der Waals surface area contributed by atoms with Crippen molar-refractivity contribution in [3.8, 4) is 0 Å². The van der Waals surface area contributed by atoms with Crippen molar-refractivity contribution >= 4 is 41.1 Å². The summed E-state index contributed by atoms with van der Waals surface area (Å²) < 4.78 is 5.83. The molecule has 234 valence electrons. The maximum atomic E-state index is 12.9. The molecule has 1 fully saturated rings. The Morgan fingerprint density at radius 3 is 2.02 bits per heavy atom. The summed E-state index contributed by atoms with van der Waals surface area (Å²) in [4.78, 5) is 38.9. The maximum absolute atomic E-state index is 12.9. The third-order valence-corrected chi connectivity index (χ3v) is 9.68. The molecule has 0 bridgehead atoms. The summed E-state index contributed by atoms with van der Waals surface area (Å²) in [5.74, 6) is -0.923. The molecule has 2 N–H and O–H groups in total. The number of nitrogens with zero attached hydrogens (tertiary/aromatic N) is 1. The minimum atomic E-state index is -1.13. The molecule has 2 atom stereocenters. The van der Waals surface area contributed by atoms with Gasteiger partial charge in [-0.15, -0.1) is 23.4 Å². The van der Waals surface area contributed by atoms with Gasteiger partial charge in [-0.1, -0.05) is 115 Å². The molecule has 0 aromatic heterocycles. The first-order chi connectivity index (χ1) is 20.5. The van der Waals surface area contributed by atoms with Crippen LogP contribution in [0.2, 0.25) is 0 Å². The zero-order valence-corrected chi connectivity index (χ0v) is 26.8. The van der Waals surface area contributed by atoms with Gasteiger partial charge in [0.1, 0.15) is 17.1 Å². The molecule has 1 aromatic rings. The van der Waals surface area contributed by atoms with Gasteiger partial charge in [-0.2, -0.15) is 0 Å². The minimum Gasteiger partial charge on any atom is -0.477 e. The molecule has 2 aliphatic rings. The first-order valence-corrected chi connectivity index (χ1v) is 17.5. The number of hydrogen-bond acceptors (Lipinski definition) is 5. The summed E-state index contributed by atoms with van der Waals surface area (Å²) >= 11 is 7.29. The number of aliphatic carboxylic acids is 1. The highest BCUT2D eigenvalue weighted by Crippen LogP contribution is 2.40. The van der Waals surface area contributed by atoms with Crippen LogP contribution in [0.15, 0.2) is 35.5 Å². The van der Waals surface area contributed by atoms with E-state index in [1.807, 2.05) is 24.3 Å². The van der Waals surface area contributed by atoms with Crippen LogP contribution in [0.25, 0.3) is 0 Å². The predicted octanol–water partition coefficient (Wildman–Crippen LogP) is 7.20. The molecular formula is C33H49ClN2O5S. The summed E-state index contributed by atoms with van der Waals surface area (Å²) in [5, 5.41) is 12.3. The number of ether oxygens (including phenoxy) is 1. The highest BCUT2D eigenvalue weighted by molar-refractivity contribution is 8.00. The summed E-state index contributed by atoms with van der Waals surface area (Å²) in [6, 6.07) is 6.71. The smallest absolute Gasteiger partial charge is 0.352 e. The molecule has 1 saturated heterocycles. The number of rotatable bonds is 22. The number of carboxylic acids is 1. The molecule has 0 saturated carbocycles. The van der Waals surface area contributed by atoms with Crippen molar-refractivity contribution in [2.45, 2.75) is 121 Å². The Hall–Kier alpha value is -2.03. The van der Waals surface area contributed by atoms with Crippen LogP contribution in [-0.2, 0) is 31.4 Å². The van der Waals surface area contributed by atoms with Gasteiger partial charge in [0.25, 0.3) is 5.91 Å². The van der Waals surface area contributed by atoms with Crippen LogP contribution in [0.4, 0.5) is 0 Å². The van der Waals surface area contributed by atoms with Gasteiger partial charge in [-0.25, -0.2) is 4.79 Å². The van der Waals surface area contributed by atoms with Gasteiger partial charge in [0.15, 0.2) is 0 Å². The van der Waals surface area contributed by atoms with Crippen LogP contribution in [0.5, 0.6) is 0 Å². The zero-order chi connectivity index (χ0) is 30.2. The van der Waals surface area contributed by atoms with E-state index in [1.165, 1.54) is 93.7 Å². The van der Waals surface area contributed by atoms with Gasteiger partial charge < -0.3 is 15.2 Å². The average Bonchev–Trinajstić information content (AvgIpc) is 2.99. The number of carboxylic acid groups (broad SMARTS) is 1. The number of β-lactam (4-membered cyclic amide) rings is 1. The van der Waals surface area contributed by atoms with Crippen molar-refractivity contribution in [1.82, 2.24) is 10.2 Å². The Balaban J connectivity index is 1.29. The van der Waals surface area contributed by atoms with Crippen LogP contribution in [-0.4, -0.2) is 58.2 Å². The van der Waals surface area contributed by atoms with Gasteiger partial charge in [-0.05, 0) is 23.1 Å². The molecule has 0 radical (unpaired) electrons. The van der Waals surface area contributed by atoms with E-state index >= 15 is 0 Å². The fourth-order valence-electron chi connectivity index (χ4n) is 5.54. The van der Waals surface area contributed by atoms with Crippen molar-refractivity contribution in [2.75, 3.05) is 19.0 Å². The lowest BCUT2D eigenvalue weighted by molar-refractivity contribution is -0.150. The van der Waals surface area contributed by atoms with Gasteiger partial charge in [0.2, 0.25) is 5.91 Å². The second kappa shape index (κ2) is 19.3. The van der Waals surface area contributed by atoms with E-state index < -0.39 is 17.4 Å². The Bertz CT molecular complexity index is 1030. The fourth-order valence-corrected chi connectivity index (χ4v) is 7.05. The van der Waals surface area contributed by atoms with Crippen molar-refractivity contribution in [3.05, 3.63) is 46.7 Å². The van der Waals surface area contributed by atoms with Crippen LogP contribution in [0, 0.1) is 0 Å². The molecule has 2 heterocycles. The maximum Gasteiger partial charge on any atom is 0.352 e. The predicted molar refractivity (Wildman–Crippen MR) is 171 cm³/mol. The Labute approximate surface area is 261 Å². The number of alkyl halides is 1. The zero-order valence-electron chi connectivity index (χ0n) is 25.2. The summed E-state index contributed by atoms with van der Waals surface area (Å²) in [6.07, 6.45) is 18.3. The Kier molecular flexibility index (Phi) is 15.8. The highest BCUT2D eigenvalue weighted by atomic mass is 35.5. The fraction of sp³-hybridized carbons (Fsp3) is 0.667. The van der Waals surface area contributed by atoms with E-state index in [-0.39, 0.29) is 30.5 Å². The van der Waals surface area contributed by atoms with E-state index in [9.17, 15) is 19.5 Å². The van der Waals surface area contributed by atoms with E-state index in [2.05, 4.69) is 12.2 Å². The standard InChI is InChI=1S/C33H49ClN2O5S/c1-2-3-4-5-6-7-8-9-10-11-12-13-14-15-20-41-23-27-24-42-32-29(31(38)36(32)30(27)33(39)40)35-28(37)21-25-16-18-26(22-34)19-17-25/h16-19,29,32H,2-15,20-24H2,1H3,(H,35,37)(H,39,40). The van der Waals surface area contributed by atoms with Crippen molar-refractivity contribution < 1.29 is 24.2 Å². The molecule has 2 aliphatic heterocycles. The molecule has 9 heteroatoms. The topological polar surface area (TPSA) is 95.9 Å². The Morgan fingerprint density at radius 2 is 1.48 bits per heavy atom. The van der Waals surface area contributed by atoms with Crippen LogP contribution in [0.1, 0.15) is 108 Å². The Morgan fingerprint density at radius 1 is 0.929 bits per heavy atom. The van der Waals surface area contributed by atoms with Crippen molar-refractivity contribution in [3.63, 3.8) is 0 Å². The van der Waals surface area contributed by atoms with Crippen LogP contribution in [0.3, 0.4) is 0 Å². The van der Waals surface area contributed by atoms with E-state index in [4.69, 9.17) is 16.3 Å². The van der Waals surface area contributed by atoms with E-state index in [0.29, 0.717) is 23.8 Å². The number of benzene rings is 1. The second-order valence-corrected chi connectivity index (χ2v) is 12.9.